The fourth-order valence-corrected chi connectivity index (χ4v) is 1.17. The lowest BCUT2D eigenvalue weighted by Gasteiger charge is -2.16. The van der Waals surface area contributed by atoms with E-state index in [2.05, 4.69) is 0 Å². The van der Waals surface area contributed by atoms with Gasteiger partial charge in [0.05, 0.1) is 14.2 Å². The van der Waals surface area contributed by atoms with Crippen LogP contribution in [-0.4, -0.2) is 26.2 Å². The number of carbonyl (C=O) groups is 1. The van der Waals surface area contributed by atoms with E-state index in [9.17, 15) is 4.79 Å². The van der Waals surface area contributed by atoms with E-state index in [1.807, 2.05) is 0 Å². The number of primary amides is 1. The van der Waals surface area contributed by atoms with E-state index in [0.29, 0.717) is 17.2 Å². The van der Waals surface area contributed by atoms with Gasteiger partial charge in [-0.05, 0) is 19.1 Å². The molecule has 0 aliphatic carbocycles. The summed E-state index contributed by atoms with van der Waals surface area (Å²) in [7, 11) is 3.02. The summed E-state index contributed by atoms with van der Waals surface area (Å²) in [6.07, 6.45) is -0.745. The molecule has 1 amide bonds. The van der Waals surface area contributed by atoms with Crippen LogP contribution in [0.25, 0.3) is 0 Å². The predicted octanol–water partition coefficient (Wildman–Crippen LogP) is 0.956. The monoisotopic (exact) mass is 225 g/mol. The second kappa shape index (κ2) is 5.25. The van der Waals surface area contributed by atoms with Crippen molar-refractivity contribution in [3.05, 3.63) is 18.2 Å². The number of methoxy groups -OCH3 is 2. The number of hydrogen-bond donors (Lipinski definition) is 1. The van der Waals surface area contributed by atoms with Gasteiger partial charge in [0.1, 0.15) is 0 Å². The molecular formula is C11H15NO4. The summed E-state index contributed by atoms with van der Waals surface area (Å²) in [5.41, 5.74) is 5.12. The Kier molecular flexibility index (Phi) is 3.99. The first-order chi connectivity index (χ1) is 7.60. The molecule has 0 saturated heterocycles. The molecule has 0 saturated carbocycles. The van der Waals surface area contributed by atoms with Crippen LogP contribution >= 0.6 is 0 Å². The fourth-order valence-electron chi connectivity index (χ4n) is 1.17. The van der Waals surface area contributed by atoms with E-state index in [-0.39, 0.29) is 0 Å². The molecule has 1 aromatic rings. The SMILES string of the molecule is COc1cccc(OC)c1OC(C)C(N)=O. The van der Waals surface area contributed by atoms with Crippen LogP contribution in [0.2, 0.25) is 0 Å². The normalized spacial score (nSPS) is 11.7. The zero-order valence-corrected chi connectivity index (χ0v) is 9.52. The number of benzene rings is 1. The lowest BCUT2D eigenvalue weighted by atomic mass is 10.3. The Morgan fingerprint density at radius 1 is 1.25 bits per heavy atom. The molecule has 2 N–H and O–H groups in total. The van der Waals surface area contributed by atoms with Crippen LogP contribution in [0.15, 0.2) is 18.2 Å². The van der Waals surface area contributed by atoms with Crippen molar-refractivity contribution in [3.63, 3.8) is 0 Å². The lowest BCUT2D eigenvalue weighted by molar-refractivity contribution is -0.124. The number of amides is 1. The third kappa shape index (κ3) is 2.56. The van der Waals surface area contributed by atoms with E-state index >= 15 is 0 Å². The molecule has 0 aliphatic heterocycles. The molecule has 88 valence electrons. The highest BCUT2D eigenvalue weighted by Crippen LogP contribution is 2.37. The van der Waals surface area contributed by atoms with Gasteiger partial charge in [-0.15, -0.1) is 0 Å². The average Bonchev–Trinajstić information content (AvgIpc) is 2.29. The van der Waals surface area contributed by atoms with Gasteiger partial charge >= 0.3 is 0 Å². The highest BCUT2D eigenvalue weighted by molar-refractivity contribution is 5.79. The van der Waals surface area contributed by atoms with Crippen molar-refractivity contribution in [2.45, 2.75) is 13.0 Å². The molecule has 0 spiro atoms. The van der Waals surface area contributed by atoms with Crippen molar-refractivity contribution in [3.8, 4) is 17.2 Å². The van der Waals surface area contributed by atoms with Gasteiger partial charge in [0.25, 0.3) is 5.91 Å². The quantitative estimate of drug-likeness (QED) is 0.810. The Hall–Kier alpha value is -1.91. The summed E-state index contributed by atoms with van der Waals surface area (Å²) in [4.78, 5) is 10.9. The molecule has 0 heterocycles. The molecule has 0 fully saturated rings. The summed E-state index contributed by atoms with van der Waals surface area (Å²) < 4.78 is 15.6. The second-order valence-electron chi connectivity index (χ2n) is 3.15. The molecule has 1 unspecified atom stereocenters. The maximum Gasteiger partial charge on any atom is 0.258 e. The van der Waals surface area contributed by atoms with Gasteiger partial charge in [-0.1, -0.05) is 6.07 Å². The number of para-hydroxylation sites is 1. The van der Waals surface area contributed by atoms with Crippen LogP contribution in [0.1, 0.15) is 6.92 Å². The zero-order chi connectivity index (χ0) is 12.1. The minimum atomic E-state index is -0.745. The maximum absolute atomic E-state index is 10.9. The number of rotatable bonds is 5. The van der Waals surface area contributed by atoms with Gasteiger partial charge in [0.2, 0.25) is 5.75 Å². The summed E-state index contributed by atoms with van der Waals surface area (Å²) >= 11 is 0. The third-order valence-corrected chi connectivity index (χ3v) is 2.08. The molecule has 5 heteroatoms. The van der Waals surface area contributed by atoms with E-state index < -0.39 is 12.0 Å². The minimum Gasteiger partial charge on any atom is -0.493 e. The minimum absolute atomic E-state index is 0.374. The van der Waals surface area contributed by atoms with E-state index in [0.717, 1.165) is 0 Å². The first-order valence-corrected chi connectivity index (χ1v) is 4.77. The smallest absolute Gasteiger partial charge is 0.258 e. The average molecular weight is 225 g/mol. The molecule has 0 aromatic heterocycles. The van der Waals surface area contributed by atoms with Gasteiger partial charge in [0, 0.05) is 0 Å². The highest BCUT2D eigenvalue weighted by Gasteiger charge is 2.17. The van der Waals surface area contributed by atoms with Crippen molar-refractivity contribution in [1.82, 2.24) is 0 Å². The molecule has 0 bridgehead atoms. The van der Waals surface area contributed by atoms with Crippen molar-refractivity contribution >= 4 is 5.91 Å². The summed E-state index contributed by atoms with van der Waals surface area (Å²) in [5.74, 6) is 0.812. The lowest BCUT2D eigenvalue weighted by Crippen LogP contribution is -2.30. The molecule has 1 atom stereocenters. The summed E-state index contributed by atoms with van der Waals surface area (Å²) in [6.45, 7) is 1.56. The molecule has 1 rings (SSSR count). The van der Waals surface area contributed by atoms with Crippen LogP contribution in [0, 0.1) is 0 Å². The molecule has 0 aliphatic rings. The number of ether oxygens (including phenoxy) is 3. The Balaban J connectivity index is 3.04. The Morgan fingerprint density at radius 3 is 2.12 bits per heavy atom. The maximum atomic E-state index is 10.9. The van der Waals surface area contributed by atoms with Crippen LogP contribution in [0.4, 0.5) is 0 Å². The van der Waals surface area contributed by atoms with Crippen molar-refractivity contribution < 1.29 is 19.0 Å². The zero-order valence-electron chi connectivity index (χ0n) is 9.52. The van der Waals surface area contributed by atoms with E-state index in [1.165, 1.54) is 14.2 Å². The Labute approximate surface area is 94.1 Å². The number of nitrogens with two attached hydrogens (primary N) is 1. The largest absolute Gasteiger partial charge is 0.493 e. The van der Waals surface area contributed by atoms with Crippen LogP contribution in [-0.2, 0) is 4.79 Å². The first kappa shape index (κ1) is 12.2. The van der Waals surface area contributed by atoms with Crippen LogP contribution in [0.3, 0.4) is 0 Å². The van der Waals surface area contributed by atoms with E-state index in [1.54, 1.807) is 25.1 Å². The topological polar surface area (TPSA) is 70.8 Å². The van der Waals surface area contributed by atoms with Crippen molar-refractivity contribution in [2.75, 3.05) is 14.2 Å². The Bertz CT molecular complexity index is 356. The standard InChI is InChI=1S/C11H15NO4/c1-7(11(12)13)16-10-8(14-2)5-4-6-9(10)15-3/h4-7H,1-3H3,(H2,12,13). The highest BCUT2D eigenvalue weighted by atomic mass is 16.5. The molecule has 0 radical (unpaired) electrons. The van der Waals surface area contributed by atoms with Gasteiger partial charge in [-0.3, -0.25) is 4.79 Å². The number of hydrogen-bond acceptors (Lipinski definition) is 4. The molecular weight excluding hydrogens is 210 g/mol. The van der Waals surface area contributed by atoms with Gasteiger partial charge < -0.3 is 19.9 Å². The molecule has 16 heavy (non-hydrogen) atoms. The second-order valence-corrected chi connectivity index (χ2v) is 3.15. The van der Waals surface area contributed by atoms with Crippen molar-refractivity contribution in [1.29, 1.82) is 0 Å². The van der Waals surface area contributed by atoms with Crippen LogP contribution in [0.5, 0.6) is 17.2 Å². The molecule has 1 aromatic carbocycles. The van der Waals surface area contributed by atoms with Crippen LogP contribution < -0.4 is 19.9 Å². The van der Waals surface area contributed by atoms with E-state index in [4.69, 9.17) is 19.9 Å². The summed E-state index contributed by atoms with van der Waals surface area (Å²) in [5, 5.41) is 0. The predicted molar refractivity (Wildman–Crippen MR) is 58.8 cm³/mol. The van der Waals surface area contributed by atoms with Gasteiger partial charge in [0.15, 0.2) is 17.6 Å². The third-order valence-electron chi connectivity index (χ3n) is 2.08. The summed E-state index contributed by atoms with van der Waals surface area (Å²) in [6, 6.07) is 5.19. The molecule has 5 nitrogen and oxygen atoms in total. The van der Waals surface area contributed by atoms with Gasteiger partial charge in [-0.25, -0.2) is 0 Å². The van der Waals surface area contributed by atoms with Gasteiger partial charge in [-0.2, -0.15) is 0 Å². The first-order valence-electron chi connectivity index (χ1n) is 4.77. The van der Waals surface area contributed by atoms with Crippen molar-refractivity contribution in [2.24, 2.45) is 5.73 Å². The fraction of sp³-hybridized carbons (Fsp3) is 0.364. The number of carbonyl (C=O) groups excluding carboxylic acids is 1. The Morgan fingerprint density at radius 2 is 1.75 bits per heavy atom.